The molecular weight excluding hydrogens is 276 g/mol. The first-order chi connectivity index (χ1) is 9.86. The first-order valence-corrected chi connectivity index (χ1v) is 7.35. The molecule has 2 atom stereocenters. The van der Waals surface area contributed by atoms with E-state index in [4.69, 9.17) is 10.8 Å². The van der Waals surface area contributed by atoms with E-state index in [1.807, 2.05) is 0 Å². The maximum Gasteiger partial charge on any atom is 0.326 e. The van der Waals surface area contributed by atoms with Crippen LogP contribution in [-0.4, -0.2) is 40.1 Å². The molecule has 2 amide bonds. The van der Waals surface area contributed by atoms with Crippen LogP contribution in [0.3, 0.4) is 0 Å². The SMILES string of the molecule is CCCCCCC(O)CC(=O)NC(CCC(N)=O)C(=O)O. The van der Waals surface area contributed by atoms with Crippen molar-refractivity contribution in [1.82, 2.24) is 5.32 Å². The Hall–Kier alpha value is -1.63. The van der Waals surface area contributed by atoms with Crippen molar-refractivity contribution in [1.29, 1.82) is 0 Å². The highest BCUT2D eigenvalue weighted by atomic mass is 16.4. The predicted molar refractivity (Wildman–Crippen MR) is 77.4 cm³/mol. The van der Waals surface area contributed by atoms with Crippen LogP contribution in [0.2, 0.25) is 0 Å². The van der Waals surface area contributed by atoms with Crippen LogP contribution < -0.4 is 11.1 Å². The average molecular weight is 302 g/mol. The molecule has 0 saturated carbocycles. The molecule has 7 heteroatoms. The van der Waals surface area contributed by atoms with Crippen LogP contribution in [-0.2, 0) is 14.4 Å². The van der Waals surface area contributed by atoms with E-state index < -0.39 is 29.9 Å². The highest BCUT2D eigenvalue weighted by molar-refractivity contribution is 5.84. The molecule has 21 heavy (non-hydrogen) atoms. The van der Waals surface area contributed by atoms with Gasteiger partial charge in [-0.05, 0) is 12.8 Å². The number of carboxylic acids is 1. The Morgan fingerprint density at radius 2 is 1.81 bits per heavy atom. The van der Waals surface area contributed by atoms with Gasteiger partial charge in [0.2, 0.25) is 11.8 Å². The van der Waals surface area contributed by atoms with Gasteiger partial charge in [-0.25, -0.2) is 4.79 Å². The molecule has 0 aromatic rings. The third kappa shape index (κ3) is 10.8. The highest BCUT2D eigenvalue weighted by Crippen LogP contribution is 2.08. The molecule has 7 nitrogen and oxygen atoms in total. The number of carboxylic acid groups (broad SMARTS) is 1. The molecule has 0 radical (unpaired) electrons. The van der Waals surface area contributed by atoms with Gasteiger partial charge in [-0.3, -0.25) is 9.59 Å². The Morgan fingerprint density at radius 3 is 2.33 bits per heavy atom. The van der Waals surface area contributed by atoms with Gasteiger partial charge in [0, 0.05) is 6.42 Å². The third-order valence-electron chi connectivity index (χ3n) is 3.12. The Kier molecular flexibility index (Phi) is 10.2. The van der Waals surface area contributed by atoms with Crippen LogP contribution in [0.5, 0.6) is 0 Å². The van der Waals surface area contributed by atoms with E-state index >= 15 is 0 Å². The van der Waals surface area contributed by atoms with E-state index in [1.165, 1.54) is 0 Å². The van der Waals surface area contributed by atoms with Crippen molar-refractivity contribution >= 4 is 17.8 Å². The fraction of sp³-hybridized carbons (Fsp3) is 0.786. The Balaban J connectivity index is 4.06. The second kappa shape index (κ2) is 11.1. The number of nitrogens with one attached hydrogen (secondary N) is 1. The van der Waals surface area contributed by atoms with Gasteiger partial charge in [0.1, 0.15) is 6.04 Å². The summed E-state index contributed by atoms with van der Waals surface area (Å²) in [5.74, 6) is -2.37. The smallest absolute Gasteiger partial charge is 0.326 e. The summed E-state index contributed by atoms with van der Waals surface area (Å²) in [6.45, 7) is 2.09. The van der Waals surface area contributed by atoms with Gasteiger partial charge in [0.15, 0.2) is 0 Å². The van der Waals surface area contributed by atoms with E-state index in [2.05, 4.69) is 12.2 Å². The number of carbonyl (C=O) groups is 3. The van der Waals surface area contributed by atoms with Gasteiger partial charge in [-0.1, -0.05) is 32.6 Å². The number of hydrogen-bond donors (Lipinski definition) is 4. The number of aliphatic hydroxyl groups is 1. The van der Waals surface area contributed by atoms with Crippen LogP contribution >= 0.6 is 0 Å². The first kappa shape index (κ1) is 19.4. The standard InChI is InChI=1S/C14H26N2O5/c1-2-3-4-5-6-10(17)9-13(19)16-11(14(20)21)7-8-12(15)18/h10-11,17H,2-9H2,1H3,(H2,15,18)(H,16,19)(H,20,21). The van der Waals surface area contributed by atoms with Crippen molar-refractivity contribution < 1.29 is 24.6 Å². The molecule has 0 fully saturated rings. The topological polar surface area (TPSA) is 130 Å². The molecule has 0 spiro atoms. The quantitative estimate of drug-likeness (QED) is 0.391. The Bertz CT molecular complexity index is 346. The second-order valence-corrected chi connectivity index (χ2v) is 5.17. The maximum atomic E-state index is 11.7. The van der Waals surface area contributed by atoms with Crippen LogP contribution in [0.1, 0.15) is 58.3 Å². The molecule has 0 heterocycles. The van der Waals surface area contributed by atoms with E-state index in [0.29, 0.717) is 6.42 Å². The summed E-state index contributed by atoms with van der Waals surface area (Å²) in [7, 11) is 0. The lowest BCUT2D eigenvalue weighted by atomic mass is 10.1. The number of nitrogens with two attached hydrogens (primary N) is 1. The molecule has 122 valence electrons. The summed E-state index contributed by atoms with van der Waals surface area (Å²) >= 11 is 0. The van der Waals surface area contributed by atoms with E-state index in [1.54, 1.807) is 0 Å². The van der Waals surface area contributed by atoms with E-state index in [0.717, 1.165) is 25.7 Å². The van der Waals surface area contributed by atoms with Gasteiger partial charge < -0.3 is 21.3 Å². The van der Waals surface area contributed by atoms with Gasteiger partial charge >= 0.3 is 5.97 Å². The van der Waals surface area contributed by atoms with Crippen molar-refractivity contribution in [2.24, 2.45) is 5.73 Å². The zero-order valence-electron chi connectivity index (χ0n) is 12.5. The molecule has 0 rings (SSSR count). The normalized spacial score (nSPS) is 13.4. The Labute approximate surface area is 124 Å². The minimum Gasteiger partial charge on any atom is -0.480 e. The minimum atomic E-state index is -1.22. The van der Waals surface area contributed by atoms with Gasteiger partial charge in [0.25, 0.3) is 0 Å². The number of unbranched alkanes of at least 4 members (excludes halogenated alkanes) is 3. The molecule has 0 aliphatic carbocycles. The predicted octanol–water partition coefficient (Wildman–Crippen LogP) is 0.543. The lowest BCUT2D eigenvalue weighted by Crippen LogP contribution is -2.42. The number of hydrogen-bond acceptors (Lipinski definition) is 4. The van der Waals surface area contributed by atoms with Crippen molar-refractivity contribution in [2.45, 2.75) is 70.4 Å². The molecule has 0 aromatic carbocycles. The van der Waals surface area contributed by atoms with Crippen molar-refractivity contribution in [3.63, 3.8) is 0 Å². The third-order valence-corrected chi connectivity index (χ3v) is 3.12. The van der Waals surface area contributed by atoms with Gasteiger partial charge in [-0.15, -0.1) is 0 Å². The van der Waals surface area contributed by atoms with Crippen LogP contribution in [0.4, 0.5) is 0 Å². The number of rotatable bonds is 12. The molecule has 0 aliphatic heterocycles. The lowest BCUT2D eigenvalue weighted by Gasteiger charge is -2.15. The fourth-order valence-electron chi connectivity index (χ4n) is 1.92. The minimum absolute atomic E-state index is 0.0526. The number of aliphatic carboxylic acids is 1. The van der Waals surface area contributed by atoms with Crippen LogP contribution in [0, 0.1) is 0 Å². The van der Waals surface area contributed by atoms with Crippen molar-refractivity contribution in [2.75, 3.05) is 0 Å². The van der Waals surface area contributed by atoms with Crippen molar-refractivity contribution in [3.8, 4) is 0 Å². The van der Waals surface area contributed by atoms with Crippen LogP contribution in [0.25, 0.3) is 0 Å². The molecule has 5 N–H and O–H groups in total. The molecule has 0 saturated heterocycles. The van der Waals surface area contributed by atoms with Crippen LogP contribution in [0.15, 0.2) is 0 Å². The summed E-state index contributed by atoms with van der Waals surface area (Å²) in [6.07, 6.45) is 3.48. The lowest BCUT2D eigenvalue weighted by molar-refractivity contribution is -0.142. The largest absolute Gasteiger partial charge is 0.480 e. The molecule has 0 aromatic heterocycles. The molecule has 0 aliphatic rings. The fourth-order valence-corrected chi connectivity index (χ4v) is 1.92. The van der Waals surface area contributed by atoms with E-state index in [-0.39, 0.29) is 19.3 Å². The monoisotopic (exact) mass is 302 g/mol. The van der Waals surface area contributed by atoms with Gasteiger partial charge in [0.05, 0.1) is 12.5 Å². The first-order valence-electron chi connectivity index (χ1n) is 7.35. The molecule has 2 unspecified atom stereocenters. The van der Waals surface area contributed by atoms with Gasteiger partial charge in [-0.2, -0.15) is 0 Å². The summed E-state index contributed by atoms with van der Waals surface area (Å²) in [5, 5.41) is 20.9. The van der Waals surface area contributed by atoms with E-state index in [9.17, 15) is 19.5 Å². The summed E-state index contributed by atoms with van der Waals surface area (Å²) < 4.78 is 0. The number of carbonyl (C=O) groups excluding carboxylic acids is 2. The van der Waals surface area contributed by atoms with Crippen molar-refractivity contribution in [3.05, 3.63) is 0 Å². The Morgan fingerprint density at radius 1 is 1.14 bits per heavy atom. The number of aliphatic hydroxyl groups excluding tert-OH is 1. The number of amides is 2. The molecular formula is C14H26N2O5. The zero-order valence-corrected chi connectivity index (χ0v) is 12.5. The zero-order chi connectivity index (χ0) is 16.3. The maximum absolute atomic E-state index is 11.7. The second-order valence-electron chi connectivity index (χ2n) is 5.17. The summed E-state index contributed by atoms with van der Waals surface area (Å²) in [4.78, 5) is 33.2. The average Bonchev–Trinajstić information content (AvgIpc) is 2.39. The highest BCUT2D eigenvalue weighted by Gasteiger charge is 2.21. The number of primary amides is 1. The molecule has 0 bridgehead atoms. The summed E-state index contributed by atoms with van der Waals surface area (Å²) in [5.41, 5.74) is 4.95. The summed E-state index contributed by atoms with van der Waals surface area (Å²) in [6, 6.07) is -1.16.